The van der Waals surface area contributed by atoms with Gasteiger partial charge < -0.3 is 19.5 Å². The molecule has 28 heavy (non-hydrogen) atoms. The van der Waals surface area contributed by atoms with Gasteiger partial charge in [0.2, 0.25) is 5.75 Å². The molecule has 10 heteroatoms. The smallest absolute Gasteiger partial charge is 0.499 e. The van der Waals surface area contributed by atoms with E-state index in [4.69, 9.17) is 9.47 Å². The summed E-state index contributed by atoms with van der Waals surface area (Å²) in [7, 11) is 0. The molecule has 1 aromatic rings. The van der Waals surface area contributed by atoms with Gasteiger partial charge in [-0.2, -0.15) is 5.26 Å². The topological polar surface area (TPSA) is 143 Å². The van der Waals surface area contributed by atoms with Crippen LogP contribution >= 0.6 is 0 Å². The van der Waals surface area contributed by atoms with E-state index in [-0.39, 0.29) is 11.1 Å². The predicted molar refractivity (Wildman–Crippen MR) is 98.5 cm³/mol. The number of likely N-dealkylation sites (N-methyl/N-ethyl adjacent to an activating group) is 1. The standard InChI is InChI=1S/C18H21N3O7/c1-5-20(6-2)17(23)13(10-19)7-12-8-14(21(25)26)16(22)15(9-12)28-18(24)27-11(3)4/h7-9,11,22H,5-6H2,1-4H3/b13-7+. The third-order valence-electron chi connectivity index (χ3n) is 3.51. The van der Waals surface area contributed by atoms with Crippen molar-refractivity contribution < 1.29 is 29.1 Å². The zero-order valence-electron chi connectivity index (χ0n) is 16.0. The second-order valence-electron chi connectivity index (χ2n) is 5.81. The Morgan fingerprint density at radius 1 is 1.36 bits per heavy atom. The van der Waals surface area contributed by atoms with Crippen molar-refractivity contribution in [1.29, 1.82) is 5.26 Å². The molecule has 1 amide bonds. The highest BCUT2D eigenvalue weighted by Gasteiger charge is 2.23. The maximum Gasteiger partial charge on any atom is 0.514 e. The average Bonchev–Trinajstić information content (AvgIpc) is 2.61. The maximum absolute atomic E-state index is 12.4. The molecule has 0 fully saturated rings. The van der Waals surface area contributed by atoms with Crippen LogP contribution < -0.4 is 4.74 Å². The molecule has 0 unspecified atom stereocenters. The first-order chi connectivity index (χ1) is 13.1. The van der Waals surface area contributed by atoms with E-state index < -0.39 is 40.3 Å². The Labute approximate surface area is 161 Å². The van der Waals surface area contributed by atoms with Crippen LogP contribution in [0.4, 0.5) is 10.5 Å². The number of carbonyl (C=O) groups is 2. The molecule has 0 aliphatic rings. The number of nitrogens with zero attached hydrogens (tertiary/aromatic N) is 3. The minimum Gasteiger partial charge on any atom is -0.499 e. The largest absolute Gasteiger partial charge is 0.514 e. The number of phenolic OH excluding ortho intramolecular Hbond substituents is 1. The van der Waals surface area contributed by atoms with Crippen LogP contribution in [0.15, 0.2) is 17.7 Å². The molecule has 0 saturated heterocycles. The number of nitro groups is 1. The molecule has 1 N–H and O–H groups in total. The van der Waals surface area contributed by atoms with Gasteiger partial charge in [0.15, 0.2) is 5.75 Å². The van der Waals surface area contributed by atoms with E-state index in [9.17, 15) is 30.1 Å². The molecular weight excluding hydrogens is 370 g/mol. The second kappa shape index (κ2) is 9.91. The van der Waals surface area contributed by atoms with Crippen molar-refractivity contribution in [3.63, 3.8) is 0 Å². The fraction of sp³-hybridized carbons (Fsp3) is 0.389. The molecule has 10 nitrogen and oxygen atoms in total. The highest BCUT2D eigenvalue weighted by atomic mass is 16.7. The summed E-state index contributed by atoms with van der Waals surface area (Å²) in [6.45, 7) is 7.38. The number of aromatic hydroxyl groups is 1. The van der Waals surface area contributed by atoms with Crippen molar-refractivity contribution in [2.75, 3.05) is 13.1 Å². The molecule has 0 bridgehead atoms. The number of hydrogen-bond donors (Lipinski definition) is 1. The quantitative estimate of drug-likeness (QED) is 0.187. The van der Waals surface area contributed by atoms with Gasteiger partial charge in [0, 0.05) is 19.2 Å². The van der Waals surface area contributed by atoms with Crippen molar-refractivity contribution in [2.45, 2.75) is 33.8 Å². The van der Waals surface area contributed by atoms with Crippen LogP contribution in [0.2, 0.25) is 0 Å². The van der Waals surface area contributed by atoms with Gasteiger partial charge in [-0.3, -0.25) is 14.9 Å². The van der Waals surface area contributed by atoms with Crippen molar-refractivity contribution in [2.24, 2.45) is 0 Å². The van der Waals surface area contributed by atoms with Crippen molar-refractivity contribution in [1.82, 2.24) is 4.90 Å². The van der Waals surface area contributed by atoms with Gasteiger partial charge in [-0.05, 0) is 45.4 Å². The van der Waals surface area contributed by atoms with Crippen LogP contribution in [0.5, 0.6) is 11.5 Å². The van der Waals surface area contributed by atoms with Gasteiger partial charge in [-0.25, -0.2) is 4.79 Å². The third-order valence-corrected chi connectivity index (χ3v) is 3.51. The molecule has 0 saturated carbocycles. The van der Waals surface area contributed by atoms with Crippen molar-refractivity contribution >= 4 is 23.8 Å². The zero-order chi connectivity index (χ0) is 21.4. The van der Waals surface area contributed by atoms with Gasteiger partial charge in [-0.1, -0.05) is 0 Å². The van der Waals surface area contributed by atoms with E-state index in [1.54, 1.807) is 33.8 Å². The maximum atomic E-state index is 12.4. The minimum absolute atomic E-state index is 0.0221. The Morgan fingerprint density at radius 2 is 1.96 bits per heavy atom. The van der Waals surface area contributed by atoms with E-state index in [1.165, 1.54) is 4.90 Å². The van der Waals surface area contributed by atoms with Crippen LogP contribution in [-0.2, 0) is 9.53 Å². The van der Waals surface area contributed by atoms with E-state index in [0.717, 1.165) is 18.2 Å². The van der Waals surface area contributed by atoms with Crippen LogP contribution in [0, 0.1) is 21.4 Å². The molecule has 0 aromatic heterocycles. The number of rotatable bonds is 7. The fourth-order valence-electron chi connectivity index (χ4n) is 2.21. The van der Waals surface area contributed by atoms with Crippen LogP contribution in [-0.4, -0.2) is 46.2 Å². The lowest BCUT2D eigenvalue weighted by molar-refractivity contribution is -0.385. The molecule has 1 aromatic carbocycles. The van der Waals surface area contributed by atoms with Crippen LogP contribution in [0.1, 0.15) is 33.3 Å². The number of phenols is 1. The summed E-state index contributed by atoms with van der Waals surface area (Å²) in [5.41, 5.74) is -0.998. The van der Waals surface area contributed by atoms with Gasteiger partial charge in [0.1, 0.15) is 11.6 Å². The second-order valence-corrected chi connectivity index (χ2v) is 5.81. The SMILES string of the molecule is CCN(CC)C(=O)/C(C#N)=C/c1cc(OC(=O)OC(C)C)c(O)c([N+](=O)[O-])c1. The van der Waals surface area contributed by atoms with Crippen LogP contribution in [0.25, 0.3) is 6.08 Å². The summed E-state index contributed by atoms with van der Waals surface area (Å²) >= 11 is 0. The average molecular weight is 391 g/mol. The lowest BCUT2D eigenvalue weighted by Crippen LogP contribution is -2.31. The Balaban J connectivity index is 3.42. The van der Waals surface area contributed by atoms with Crippen molar-refractivity contribution in [3.8, 4) is 17.6 Å². The van der Waals surface area contributed by atoms with Gasteiger partial charge in [0.05, 0.1) is 11.0 Å². The molecule has 0 aliphatic carbocycles. The molecule has 0 heterocycles. The number of hydrogen-bond acceptors (Lipinski definition) is 8. The summed E-state index contributed by atoms with van der Waals surface area (Å²) in [5, 5.41) is 30.5. The Hall–Kier alpha value is -3.61. The zero-order valence-corrected chi connectivity index (χ0v) is 16.0. The lowest BCUT2D eigenvalue weighted by atomic mass is 10.1. The Morgan fingerprint density at radius 3 is 2.43 bits per heavy atom. The number of carbonyl (C=O) groups excluding carboxylic acids is 2. The predicted octanol–water partition coefficient (Wildman–Crippen LogP) is 3.00. The fourth-order valence-corrected chi connectivity index (χ4v) is 2.21. The van der Waals surface area contributed by atoms with E-state index >= 15 is 0 Å². The number of benzene rings is 1. The summed E-state index contributed by atoms with van der Waals surface area (Å²) < 4.78 is 9.61. The molecule has 1 rings (SSSR count). The highest BCUT2D eigenvalue weighted by Crippen LogP contribution is 2.38. The first kappa shape index (κ1) is 22.4. The van der Waals surface area contributed by atoms with Crippen molar-refractivity contribution in [3.05, 3.63) is 33.4 Å². The molecule has 0 aliphatic heterocycles. The van der Waals surface area contributed by atoms with E-state index in [0.29, 0.717) is 13.1 Å². The van der Waals surface area contributed by atoms with Crippen LogP contribution in [0.3, 0.4) is 0 Å². The Kier molecular flexibility index (Phi) is 7.94. The summed E-state index contributed by atoms with van der Waals surface area (Å²) in [5.74, 6) is -1.96. The molecule has 150 valence electrons. The monoisotopic (exact) mass is 391 g/mol. The van der Waals surface area contributed by atoms with E-state index in [2.05, 4.69) is 0 Å². The summed E-state index contributed by atoms with van der Waals surface area (Å²) in [6.07, 6.45) is -0.557. The van der Waals surface area contributed by atoms with Gasteiger partial charge in [-0.15, -0.1) is 0 Å². The summed E-state index contributed by atoms with van der Waals surface area (Å²) in [4.78, 5) is 35.7. The number of nitro benzene ring substituents is 1. The number of amides is 1. The Bertz CT molecular complexity index is 836. The minimum atomic E-state index is -1.17. The molecule has 0 spiro atoms. The molecule has 0 atom stereocenters. The first-order valence-corrected chi connectivity index (χ1v) is 8.45. The summed E-state index contributed by atoms with van der Waals surface area (Å²) in [6, 6.07) is 3.81. The van der Waals surface area contributed by atoms with E-state index in [1.807, 2.05) is 0 Å². The molecule has 0 radical (unpaired) electrons. The van der Waals surface area contributed by atoms with Gasteiger partial charge >= 0.3 is 11.8 Å². The highest BCUT2D eigenvalue weighted by molar-refractivity contribution is 6.01. The first-order valence-electron chi connectivity index (χ1n) is 8.45. The normalized spacial score (nSPS) is 10.9. The number of ether oxygens (including phenoxy) is 2. The molecular formula is C18H21N3O7. The number of nitriles is 1. The lowest BCUT2D eigenvalue weighted by Gasteiger charge is -2.17. The third kappa shape index (κ3) is 5.70. The van der Waals surface area contributed by atoms with Gasteiger partial charge in [0.25, 0.3) is 5.91 Å².